The maximum absolute atomic E-state index is 13.0. The quantitative estimate of drug-likeness (QED) is 0.367. The third kappa shape index (κ3) is 3.96. The average Bonchev–Trinajstić information content (AvgIpc) is 3.19. The molecule has 4 heteroatoms. The molecule has 0 aliphatic heterocycles. The van der Waals surface area contributed by atoms with E-state index in [1.165, 1.54) is 0 Å². The van der Waals surface area contributed by atoms with Crippen molar-refractivity contribution in [3.63, 3.8) is 0 Å². The molecule has 0 aliphatic carbocycles. The van der Waals surface area contributed by atoms with Crippen molar-refractivity contribution in [3.05, 3.63) is 120 Å². The summed E-state index contributed by atoms with van der Waals surface area (Å²) in [7, 11) is 0. The lowest BCUT2D eigenvalue weighted by molar-refractivity contribution is 0.103. The van der Waals surface area contributed by atoms with Crippen LogP contribution in [0.3, 0.4) is 0 Å². The molecule has 0 amide bonds. The van der Waals surface area contributed by atoms with Crippen LogP contribution in [0.5, 0.6) is 0 Å². The topological polar surface area (TPSA) is 47.2 Å². The highest BCUT2D eigenvalue weighted by molar-refractivity contribution is 6.11. The lowest BCUT2D eigenvalue weighted by Gasteiger charge is -2.00. The summed E-state index contributed by atoms with van der Waals surface area (Å²) in [5.41, 5.74) is 3.72. The van der Waals surface area contributed by atoms with E-state index in [0.29, 0.717) is 23.4 Å². The second kappa shape index (κ2) is 8.27. The molecule has 0 saturated carbocycles. The predicted molar refractivity (Wildman–Crippen MR) is 111 cm³/mol. The zero-order valence-electron chi connectivity index (χ0n) is 15.3. The fourth-order valence-corrected chi connectivity index (χ4v) is 2.93. The first-order chi connectivity index (χ1) is 13.8. The summed E-state index contributed by atoms with van der Waals surface area (Å²) < 4.78 is 1.72. The minimum Gasteiger partial charge on any atom is -0.288 e. The van der Waals surface area contributed by atoms with Crippen molar-refractivity contribution in [2.45, 2.75) is 6.54 Å². The Labute approximate surface area is 163 Å². The molecular weight excluding hydrogens is 346 g/mol. The van der Waals surface area contributed by atoms with Crippen LogP contribution >= 0.6 is 0 Å². The molecule has 0 bridgehead atoms. The summed E-state index contributed by atoms with van der Waals surface area (Å²) in [5, 5.41) is 4.56. The Morgan fingerprint density at radius 3 is 2.14 bits per heavy atom. The maximum Gasteiger partial charge on any atom is 0.213 e. The lowest BCUT2D eigenvalue weighted by Crippen LogP contribution is -2.06. The van der Waals surface area contributed by atoms with Crippen LogP contribution in [0.25, 0.3) is 5.69 Å². The third-order valence-corrected chi connectivity index (χ3v) is 4.36. The molecule has 0 aliphatic rings. The number of hydrogen-bond acceptors (Lipinski definition) is 3. The number of benzene rings is 3. The van der Waals surface area contributed by atoms with E-state index in [1.54, 1.807) is 23.0 Å². The molecule has 28 heavy (non-hydrogen) atoms. The Hall–Kier alpha value is -3.79. The Kier molecular flexibility index (Phi) is 5.20. The second-order valence-corrected chi connectivity index (χ2v) is 6.36. The number of para-hydroxylation sites is 1. The molecule has 3 aromatic carbocycles. The molecule has 1 heterocycles. The fraction of sp³-hybridized carbons (Fsp3) is 0.0417. The van der Waals surface area contributed by atoms with Gasteiger partial charge in [0, 0.05) is 23.5 Å². The molecule has 0 spiro atoms. The summed E-state index contributed by atoms with van der Waals surface area (Å²) >= 11 is 0. The summed E-state index contributed by atoms with van der Waals surface area (Å²) in [4.78, 5) is 17.5. The summed E-state index contributed by atoms with van der Waals surface area (Å²) in [6.45, 7) is 0.552. The van der Waals surface area contributed by atoms with Crippen LogP contribution in [0.2, 0.25) is 0 Å². The van der Waals surface area contributed by atoms with Gasteiger partial charge in [0.15, 0.2) is 0 Å². The Morgan fingerprint density at radius 2 is 1.46 bits per heavy atom. The number of carbonyl (C=O) groups excluding carboxylic acids is 1. The van der Waals surface area contributed by atoms with Gasteiger partial charge < -0.3 is 0 Å². The number of hydrogen-bond donors (Lipinski definition) is 0. The normalized spacial score (nSPS) is 11.0. The fourth-order valence-electron chi connectivity index (χ4n) is 2.93. The van der Waals surface area contributed by atoms with E-state index in [-0.39, 0.29) is 5.78 Å². The van der Waals surface area contributed by atoms with Gasteiger partial charge >= 0.3 is 0 Å². The molecule has 0 N–H and O–H groups in total. The molecule has 4 rings (SSSR count). The van der Waals surface area contributed by atoms with Crippen LogP contribution in [0, 0.1) is 0 Å². The zero-order valence-corrected chi connectivity index (χ0v) is 15.3. The van der Waals surface area contributed by atoms with Gasteiger partial charge in [-0.1, -0.05) is 78.9 Å². The second-order valence-electron chi connectivity index (χ2n) is 6.36. The van der Waals surface area contributed by atoms with Gasteiger partial charge in [-0.3, -0.25) is 9.79 Å². The minimum atomic E-state index is -0.114. The summed E-state index contributed by atoms with van der Waals surface area (Å²) in [5.74, 6) is -0.114. The highest BCUT2D eigenvalue weighted by Crippen LogP contribution is 2.15. The minimum absolute atomic E-state index is 0.114. The molecule has 0 radical (unpaired) electrons. The lowest BCUT2D eigenvalue weighted by atomic mass is 10.1. The Bertz CT molecular complexity index is 1080. The molecule has 0 saturated heterocycles. The molecule has 4 aromatic rings. The van der Waals surface area contributed by atoms with Crippen LogP contribution in [0.15, 0.2) is 102 Å². The van der Waals surface area contributed by atoms with Crippen LogP contribution in [0.4, 0.5) is 0 Å². The number of aromatic nitrogens is 2. The highest BCUT2D eigenvalue weighted by Gasteiger charge is 2.18. The Balaban J connectivity index is 1.69. The van der Waals surface area contributed by atoms with Gasteiger partial charge in [-0.2, -0.15) is 5.10 Å². The van der Waals surface area contributed by atoms with Crippen molar-refractivity contribution in [3.8, 4) is 5.69 Å². The van der Waals surface area contributed by atoms with E-state index in [9.17, 15) is 4.79 Å². The van der Waals surface area contributed by atoms with Crippen molar-refractivity contribution >= 4 is 12.0 Å². The first-order valence-electron chi connectivity index (χ1n) is 9.10. The van der Waals surface area contributed by atoms with Gasteiger partial charge in [0.1, 0.15) is 5.69 Å². The third-order valence-electron chi connectivity index (χ3n) is 4.36. The van der Waals surface area contributed by atoms with E-state index in [4.69, 9.17) is 0 Å². The molecule has 136 valence electrons. The van der Waals surface area contributed by atoms with E-state index in [2.05, 4.69) is 10.1 Å². The highest BCUT2D eigenvalue weighted by atomic mass is 16.1. The van der Waals surface area contributed by atoms with E-state index in [1.807, 2.05) is 85.1 Å². The smallest absolute Gasteiger partial charge is 0.213 e. The van der Waals surface area contributed by atoms with Gasteiger partial charge in [-0.15, -0.1) is 0 Å². The van der Waals surface area contributed by atoms with Crippen molar-refractivity contribution in [1.82, 2.24) is 9.78 Å². The van der Waals surface area contributed by atoms with Gasteiger partial charge in [0.05, 0.1) is 12.2 Å². The van der Waals surface area contributed by atoms with Crippen molar-refractivity contribution in [2.24, 2.45) is 4.99 Å². The van der Waals surface area contributed by atoms with Crippen LogP contribution in [-0.4, -0.2) is 21.8 Å². The number of ketones is 1. The van der Waals surface area contributed by atoms with Crippen molar-refractivity contribution in [2.75, 3.05) is 0 Å². The zero-order chi connectivity index (χ0) is 19.2. The van der Waals surface area contributed by atoms with Crippen molar-refractivity contribution < 1.29 is 4.79 Å². The molecule has 0 atom stereocenters. The SMILES string of the molecule is O=C(c1ccccc1)c1nn(-c2ccccc2)cc1C=NCc1ccccc1. The van der Waals surface area contributed by atoms with E-state index >= 15 is 0 Å². The molecule has 1 aromatic heterocycles. The number of carbonyl (C=O) groups is 1. The molecule has 0 unspecified atom stereocenters. The number of nitrogens with zero attached hydrogens (tertiary/aromatic N) is 3. The molecule has 0 fully saturated rings. The first kappa shape index (κ1) is 17.6. The number of aliphatic imine (C=N–C) groups is 1. The summed E-state index contributed by atoms with van der Waals surface area (Å²) in [6.07, 6.45) is 3.58. The molecular formula is C24H19N3O. The monoisotopic (exact) mass is 365 g/mol. The van der Waals surface area contributed by atoms with Gasteiger partial charge in [-0.25, -0.2) is 4.68 Å². The van der Waals surface area contributed by atoms with Gasteiger partial charge in [-0.05, 0) is 17.7 Å². The summed E-state index contributed by atoms with van der Waals surface area (Å²) in [6, 6.07) is 29.0. The molecule has 4 nitrogen and oxygen atoms in total. The average molecular weight is 365 g/mol. The number of rotatable bonds is 6. The largest absolute Gasteiger partial charge is 0.288 e. The van der Waals surface area contributed by atoms with Crippen LogP contribution < -0.4 is 0 Å². The van der Waals surface area contributed by atoms with Gasteiger partial charge in [0.2, 0.25) is 5.78 Å². The van der Waals surface area contributed by atoms with Crippen LogP contribution in [-0.2, 0) is 6.54 Å². The van der Waals surface area contributed by atoms with E-state index < -0.39 is 0 Å². The Morgan fingerprint density at radius 1 is 0.857 bits per heavy atom. The van der Waals surface area contributed by atoms with Gasteiger partial charge in [0.25, 0.3) is 0 Å². The predicted octanol–water partition coefficient (Wildman–Crippen LogP) is 4.72. The van der Waals surface area contributed by atoms with Crippen molar-refractivity contribution in [1.29, 1.82) is 0 Å². The van der Waals surface area contributed by atoms with E-state index in [0.717, 1.165) is 11.3 Å². The first-order valence-corrected chi connectivity index (χ1v) is 9.10. The van der Waals surface area contributed by atoms with Crippen LogP contribution in [0.1, 0.15) is 27.2 Å². The maximum atomic E-state index is 13.0. The standard InChI is InChI=1S/C24H19N3O/c28-24(20-12-6-2-7-13-20)23-21(17-25-16-19-10-4-1-5-11-19)18-27(26-23)22-14-8-3-9-15-22/h1-15,17-18H,16H2.